The molecule has 0 heterocycles. The van der Waals surface area contributed by atoms with Crippen molar-refractivity contribution in [3.63, 3.8) is 0 Å². The normalized spacial score (nSPS) is 9.76. The number of anilines is 2. The first kappa shape index (κ1) is 14.4. The highest BCUT2D eigenvalue weighted by molar-refractivity contribution is 5.89. The number of nitrogens with zero attached hydrogens (tertiary/aromatic N) is 2. The van der Waals surface area contributed by atoms with Crippen LogP contribution in [0.15, 0.2) is 42.5 Å². The molecule has 5 nitrogen and oxygen atoms in total. The van der Waals surface area contributed by atoms with Gasteiger partial charge in [-0.1, -0.05) is 6.07 Å². The van der Waals surface area contributed by atoms with Gasteiger partial charge in [0.2, 0.25) is 0 Å². The molecule has 106 valence electrons. The molecular formula is C16H14N2O3. The lowest BCUT2D eigenvalue weighted by Gasteiger charge is -2.21. The second kappa shape index (κ2) is 5.97. The van der Waals surface area contributed by atoms with Gasteiger partial charge in [-0.25, -0.2) is 4.79 Å². The summed E-state index contributed by atoms with van der Waals surface area (Å²) in [6.45, 7) is 0. The SMILES string of the molecule is COc1cccc(N(C)c2ccc(C(=O)O)cc2C#N)c1. The number of aromatic carboxylic acids is 1. The number of rotatable bonds is 4. The van der Waals surface area contributed by atoms with Crippen molar-refractivity contribution in [2.45, 2.75) is 0 Å². The molecule has 0 saturated heterocycles. The number of carboxylic acid groups (broad SMARTS) is 1. The van der Waals surface area contributed by atoms with Crippen LogP contribution in [0.25, 0.3) is 0 Å². The van der Waals surface area contributed by atoms with Crippen molar-refractivity contribution < 1.29 is 14.6 Å². The van der Waals surface area contributed by atoms with Gasteiger partial charge < -0.3 is 14.7 Å². The van der Waals surface area contributed by atoms with Crippen molar-refractivity contribution in [1.29, 1.82) is 5.26 Å². The zero-order valence-electron chi connectivity index (χ0n) is 11.7. The van der Waals surface area contributed by atoms with Gasteiger partial charge in [0.05, 0.1) is 23.9 Å². The van der Waals surface area contributed by atoms with Crippen molar-refractivity contribution in [1.82, 2.24) is 0 Å². The smallest absolute Gasteiger partial charge is 0.335 e. The second-order valence-corrected chi connectivity index (χ2v) is 4.41. The summed E-state index contributed by atoms with van der Waals surface area (Å²) in [6.07, 6.45) is 0. The lowest BCUT2D eigenvalue weighted by atomic mass is 10.1. The van der Waals surface area contributed by atoms with E-state index in [9.17, 15) is 10.1 Å². The van der Waals surface area contributed by atoms with Crippen LogP contribution in [0, 0.1) is 11.3 Å². The summed E-state index contributed by atoms with van der Waals surface area (Å²) in [6, 6.07) is 13.9. The molecule has 0 aliphatic heterocycles. The van der Waals surface area contributed by atoms with E-state index in [1.54, 1.807) is 13.2 Å². The number of carboxylic acids is 1. The van der Waals surface area contributed by atoms with E-state index >= 15 is 0 Å². The molecule has 0 saturated carbocycles. The van der Waals surface area contributed by atoms with E-state index in [1.165, 1.54) is 12.1 Å². The fraction of sp³-hybridized carbons (Fsp3) is 0.125. The summed E-state index contributed by atoms with van der Waals surface area (Å²) in [5, 5.41) is 18.2. The van der Waals surface area contributed by atoms with Gasteiger partial charge in [-0.05, 0) is 30.3 Å². The molecular weight excluding hydrogens is 268 g/mol. The molecule has 0 atom stereocenters. The summed E-state index contributed by atoms with van der Waals surface area (Å²) in [5.41, 5.74) is 1.87. The highest BCUT2D eigenvalue weighted by Gasteiger charge is 2.13. The lowest BCUT2D eigenvalue weighted by Crippen LogP contribution is -2.12. The molecule has 0 fully saturated rings. The topological polar surface area (TPSA) is 73.6 Å². The molecule has 0 amide bonds. The minimum atomic E-state index is -1.05. The van der Waals surface area contributed by atoms with E-state index in [-0.39, 0.29) is 5.56 Å². The van der Waals surface area contributed by atoms with Gasteiger partial charge in [-0.3, -0.25) is 0 Å². The molecule has 0 bridgehead atoms. The van der Waals surface area contributed by atoms with E-state index < -0.39 is 5.97 Å². The Labute approximate surface area is 122 Å². The molecule has 0 spiro atoms. The Morgan fingerprint density at radius 1 is 1.29 bits per heavy atom. The number of methoxy groups -OCH3 is 1. The van der Waals surface area contributed by atoms with Gasteiger partial charge in [0, 0.05) is 18.8 Å². The number of hydrogen-bond donors (Lipinski definition) is 1. The van der Waals surface area contributed by atoms with Crippen molar-refractivity contribution in [2.75, 3.05) is 19.1 Å². The minimum absolute atomic E-state index is 0.0920. The number of benzene rings is 2. The van der Waals surface area contributed by atoms with Crippen LogP contribution in [0.4, 0.5) is 11.4 Å². The summed E-state index contributed by atoms with van der Waals surface area (Å²) in [5.74, 6) is -0.345. The van der Waals surface area contributed by atoms with Crippen molar-refractivity contribution in [3.05, 3.63) is 53.6 Å². The molecule has 2 aromatic carbocycles. The van der Waals surface area contributed by atoms with Crippen molar-refractivity contribution in [2.24, 2.45) is 0 Å². The number of nitriles is 1. The largest absolute Gasteiger partial charge is 0.497 e. The molecule has 2 rings (SSSR count). The third-order valence-electron chi connectivity index (χ3n) is 3.17. The summed E-state index contributed by atoms with van der Waals surface area (Å²) >= 11 is 0. The fourth-order valence-electron chi connectivity index (χ4n) is 2.01. The van der Waals surface area contributed by atoms with Gasteiger partial charge in [-0.15, -0.1) is 0 Å². The third-order valence-corrected chi connectivity index (χ3v) is 3.17. The van der Waals surface area contributed by atoms with Crippen LogP contribution < -0.4 is 9.64 Å². The van der Waals surface area contributed by atoms with Crippen LogP contribution in [0.1, 0.15) is 15.9 Å². The van der Waals surface area contributed by atoms with Gasteiger partial charge in [0.15, 0.2) is 0 Å². The molecule has 2 aromatic rings. The van der Waals surface area contributed by atoms with Crippen LogP contribution in [0.5, 0.6) is 5.75 Å². The Hall–Kier alpha value is -3.00. The zero-order valence-corrected chi connectivity index (χ0v) is 11.7. The molecule has 0 aromatic heterocycles. The van der Waals surface area contributed by atoms with Gasteiger partial charge in [0.1, 0.15) is 11.8 Å². The Balaban J connectivity index is 2.45. The van der Waals surface area contributed by atoms with E-state index in [1.807, 2.05) is 42.3 Å². The maximum atomic E-state index is 11.0. The number of carbonyl (C=O) groups is 1. The van der Waals surface area contributed by atoms with Crippen LogP contribution >= 0.6 is 0 Å². The van der Waals surface area contributed by atoms with Gasteiger partial charge in [-0.2, -0.15) is 5.26 Å². The van der Waals surface area contributed by atoms with Crippen molar-refractivity contribution >= 4 is 17.3 Å². The number of ether oxygens (including phenoxy) is 1. The highest BCUT2D eigenvalue weighted by atomic mass is 16.5. The molecule has 1 N–H and O–H groups in total. The summed E-state index contributed by atoms with van der Waals surface area (Å²) in [4.78, 5) is 12.8. The Morgan fingerprint density at radius 3 is 2.67 bits per heavy atom. The van der Waals surface area contributed by atoms with Crippen molar-refractivity contribution in [3.8, 4) is 11.8 Å². The lowest BCUT2D eigenvalue weighted by molar-refractivity contribution is 0.0697. The first-order valence-electron chi connectivity index (χ1n) is 6.22. The maximum absolute atomic E-state index is 11.0. The standard InChI is InChI=1S/C16H14N2O3/c1-18(13-4-3-5-14(9-13)21-2)15-7-6-11(16(19)20)8-12(15)10-17/h3-9H,1-2H3,(H,19,20). The molecule has 0 unspecified atom stereocenters. The molecule has 0 aliphatic carbocycles. The minimum Gasteiger partial charge on any atom is -0.497 e. The average molecular weight is 282 g/mol. The van der Waals surface area contributed by atoms with Gasteiger partial charge >= 0.3 is 5.97 Å². The highest BCUT2D eigenvalue weighted by Crippen LogP contribution is 2.29. The summed E-state index contributed by atoms with van der Waals surface area (Å²) in [7, 11) is 3.40. The monoisotopic (exact) mass is 282 g/mol. The average Bonchev–Trinajstić information content (AvgIpc) is 2.53. The van der Waals surface area contributed by atoms with E-state index in [4.69, 9.17) is 9.84 Å². The second-order valence-electron chi connectivity index (χ2n) is 4.41. The fourth-order valence-corrected chi connectivity index (χ4v) is 2.01. The Bertz CT molecular complexity index is 720. The van der Waals surface area contributed by atoms with E-state index in [0.29, 0.717) is 17.0 Å². The first-order chi connectivity index (χ1) is 10.1. The number of hydrogen-bond acceptors (Lipinski definition) is 4. The van der Waals surface area contributed by atoms with E-state index in [0.717, 1.165) is 5.69 Å². The zero-order chi connectivity index (χ0) is 15.4. The maximum Gasteiger partial charge on any atom is 0.335 e. The quantitative estimate of drug-likeness (QED) is 0.933. The Morgan fingerprint density at radius 2 is 2.05 bits per heavy atom. The summed E-state index contributed by atoms with van der Waals surface area (Å²) < 4.78 is 5.18. The van der Waals surface area contributed by atoms with Gasteiger partial charge in [0.25, 0.3) is 0 Å². The van der Waals surface area contributed by atoms with Crippen LogP contribution in [0.2, 0.25) is 0 Å². The van der Waals surface area contributed by atoms with Crippen LogP contribution in [-0.2, 0) is 0 Å². The molecule has 0 aliphatic rings. The predicted molar refractivity (Wildman–Crippen MR) is 79.2 cm³/mol. The van der Waals surface area contributed by atoms with Crippen LogP contribution in [-0.4, -0.2) is 25.2 Å². The molecule has 21 heavy (non-hydrogen) atoms. The van der Waals surface area contributed by atoms with E-state index in [2.05, 4.69) is 0 Å². The molecule has 0 radical (unpaired) electrons. The Kier molecular flexibility index (Phi) is 4.10. The predicted octanol–water partition coefficient (Wildman–Crippen LogP) is 3.03. The van der Waals surface area contributed by atoms with Crippen LogP contribution in [0.3, 0.4) is 0 Å². The first-order valence-corrected chi connectivity index (χ1v) is 6.22. The third kappa shape index (κ3) is 2.95. The molecule has 5 heteroatoms.